The number of rotatable bonds is 8. The van der Waals surface area contributed by atoms with E-state index in [1.54, 1.807) is 18.4 Å². The lowest BCUT2D eigenvalue weighted by Crippen LogP contribution is -2.40. The maximum absolute atomic E-state index is 11.7. The number of aryl methyl sites for hydroxylation is 1. The highest BCUT2D eigenvalue weighted by molar-refractivity contribution is 14.0. The van der Waals surface area contributed by atoms with Crippen LogP contribution in [0.1, 0.15) is 35.6 Å². The Morgan fingerprint density at radius 3 is 2.58 bits per heavy atom. The predicted molar refractivity (Wildman–Crippen MR) is 110 cm³/mol. The molecule has 0 saturated heterocycles. The molecule has 0 radical (unpaired) electrons. The van der Waals surface area contributed by atoms with Crippen LogP contribution in [0.3, 0.4) is 0 Å². The van der Waals surface area contributed by atoms with Crippen molar-refractivity contribution >= 4 is 47.2 Å². The van der Waals surface area contributed by atoms with E-state index in [0.717, 1.165) is 56.3 Å². The number of hydrogen-bond donors (Lipinski definition) is 3. The minimum atomic E-state index is 0. The van der Waals surface area contributed by atoms with E-state index in [9.17, 15) is 4.79 Å². The van der Waals surface area contributed by atoms with E-state index in [2.05, 4.69) is 32.9 Å². The number of guanidine groups is 1. The van der Waals surface area contributed by atoms with Crippen LogP contribution in [0.15, 0.2) is 11.2 Å². The van der Waals surface area contributed by atoms with Crippen molar-refractivity contribution in [3.8, 4) is 0 Å². The third kappa shape index (κ3) is 7.33. The molecule has 2 rings (SSSR count). The molecule has 0 aliphatic heterocycles. The van der Waals surface area contributed by atoms with E-state index in [1.165, 1.54) is 11.3 Å². The Balaban J connectivity index is 0.00000288. The third-order valence-corrected chi connectivity index (χ3v) is 4.92. The molecule has 1 aliphatic carbocycles. The second-order valence-corrected chi connectivity index (χ2v) is 7.13. The first-order chi connectivity index (χ1) is 11.2. The number of carbonyl (C=O) groups is 1. The summed E-state index contributed by atoms with van der Waals surface area (Å²) in [4.78, 5) is 21.5. The molecule has 1 aromatic heterocycles. The van der Waals surface area contributed by atoms with Crippen LogP contribution >= 0.6 is 35.3 Å². The smallest absolute Gasteiger partial charge is 0.223 e. The van der Waals surface area contributed by atoms with Gasteiger partial charge in [0.1, 0.15) is 0 Å². The summed E-state index contributed by atoms with van der Waals surface area (Å²) in [6, 6.07) is 0. The summed E-state index contributed by atoms with van der Waals surface area (Å²) in [5, 5.41) is 10.7. The van der Waals surface area contributed by atoms with Crippen LogP contribution in [-0.4, -0.2) is 43.5 Å². The van der Waals surface area contributed by atoms with E-state index >= 15 is 0 Å². The number of aromatic nitrogens is 1. The minimum absolute atomic E-state index is 0. The van der Waals surface area contributed by atoms with E-state index in [0.29, 0.717) is 0 Å². The van der Waals surface area contributed by atoms with Gasteiger partial charge in [0.05, 0.1) is 5.01 Å². The van der Waals surface area contributed by atoms with Gasteiger partial charge in [0.2, 0.25) is 5.91 Å². The number of amides is 1. The highest BCUT2D eigenvalue weighted by Crippen LogP contribution is 2.25. The number of nitrogens with zero attached hydrogens (tertiary/aromatic N) is 2. The van der Waals surface area contributed by atoms with Crippen LogP contribution in [0, 0.1) is 12.8 Å². The van der Waals surface area contributed by atoms with Crippen LogP contribution in [-0.2, 0) is 11.2 Å². The Morgan fingerprint density at radius 1 is 1.29 bits per heavy atom. The quantitative estimate of drug-likeness (QED) is 0.238. The molecule has 1 aliphatic rings. The van der Waals surface area contributed by atoms with Crippen molar-refractivity contribution < 1.29 is 4.79 Å². The molecule has 1 fully saturated rings. The summed E-state index contributed by atoms with van der Waals surface area (Å²) in [7, 11) is 1.77. The van der Waals surface area contributed by atoms with Gasteiger partial charge in [-0.3, -0.25) is 9.79 Å². The highest BCUT2D eigenvalue weighted by atomic mass is 127. The van der Waals surface area contributed by atoms with Crippen LogP contribution in [0.5, 0.6) is 0 Å². The second kappa shape index (κ2) is 11.6. The third-order valence-electron chi connectivity index (χ3n) is 3.95. The second-order valence-electron chi connectivity index (χ2n) is 5.81. The van der Waals surface area contributed by atoms with Gasteiger partial charge in [-0.25, -0.2) is 4.98 Å². The van der Waals surface area contributed by atoms with Gasteiger partial charge >= 0.3 is 0 Å². The highest BCUT2D eigenvalue weighted by Gasteiger charge is 2.24. The number of hydrogen-bond acceptors (Lipinski definition) is 4. The molecule has 8 heteroatoms. The molecule has 1 amide bonds. The summed E-state index contributed by atoms with van der Waals surface area (Å²) in [6.07, 6.45) is 7.01. The van der Waals surface area contributed by atoms with Crippen molar-refractivity contribution in [2.45, 2.75) is 39.0 Å². The van der Waals surface area contributed by atoms with Crippen molar-refractivity contribution in [2.75, 3.05) is 26.7 Å². The number of halogens is 1. The van der Waals surface area contributed by atoms with Gasteiger partial charge in [0.15, 0.2) is 5.96 Å². The Kier molecular flexibility index (Phi) is 10.2. The Hall–Kier alpha value is -0.900. The molecule has 6 nitrogen and oxygen atoms in total. The Bertz CT molecular complexity index is 530. The minimum Gasteiger partial charge on any atom is -0.356 e. The standard InChI is InChI=1S/C16H27N5OS.HI/c1-12-11-21-14(23-12)7-10-20-16(17-2)19-9-4-8-18-15(22)13-5-3-6-13;/h11,13H,3-10H2,1-2H3,(H,18,22)(H2,17,19,20);1H. The van der Waals surface area contributed by atoms with Gasteiger partial charge < -0.3 is 16.0 Å². The molecule has 1 saturated carbocycles. The average molecular weight is 465 g/mol. The van der Waals surface area contributed by atoms with Gasteiger partial charge in [-0.1, -0.05) is 6.42 Å². The first-order valence-corrected chi connectivity index (χ1v) is 9.14. The number of thiazole rings is 1. The number of aliphatic imine (C=N–C) groups is 1. The molecule has 136 valence electrons. The monoisotopic (exact) mass is 465 g/mol. The molecule has 24 heavy (non-hydrogen) atoms. The fourth-order valence-corrected chi connectivity index (χ4v) is 3.13. The SMILES string of the molecule is CN=C(NCCCNC(=O)C1CCC1)NCCc1ncc(C)s1.I. The average Bonchev–Trinajstić information content (AvgIpc) is 2.88. The topological polar surface area (TPSA) is 78.4 Å². The first-order valence-electron chi connectivity index (χ1n) is 8.32. The Morgan fingerprint density at radius 2 is 2.00 bits per heavy atom. The summed E-state index contributed by atoms with van der Waals surface area (Å²) in [5.41, 5.74) is 0. The van der Waals surface area contributed by atoms with Crippen molar-refractivity contribution in [1.82, 2.24) is 20.9 Å². The maximum Gasteiger partial charge on any atom is 0.223 e. The van der Waals surface area contributed by atoms with Crippen LogP contribution in [0.25, 0.3) is 0 Å². The lowest BCUT2D eigenvalue weighted by atomic mass is 9.85. The van der Waals surface area contributed by atoms with E-state index in [-0.39, 0.29) is 35.8 Å². The van der Waals surface area contributed by atoms with Gasteiger partial charge in [-0.05, 0) is 26.2 Å². The van der Waals surface area contributed by atoms with Crippen LogP contribution in [0.2, 0.25) is 0 Å². The van der Waals surface area contributed by atoms with Crippen molar-refractivity contribution in [3.05, 3.63) is 16.1 Å². The summed E-state index contributed by atoms with van der Waals surface area (Å²) < 4.78 is 0. The summed E-state index contributed by atoms with van der Waals surface area (Å²) in [5.74, 6) is 1.29. The molecule has 0 aromatic carbocycles. The van der Waals surface area contributed by atoms with Crippen LogP contribution < -0.4 is 16.0 Å². The first kappa shape index (κ1) is 21.1. The van der Waals surface area contributed by atoms with Crippen molar-refractivity contribution in [1.29, 1.82) is 0 Å². The van der Waals surface area contributed by atoms with Gasteiger partial charge in [0, 0.05) is 50.1 Å². The number of nitrogens with one attached hydrogen (secondary N) is 3. The molecule has 1 aromatic rings. The normalized spacial score (nSPS) is 14.5. The molecule has 3 N–H and O–H groups in total. The predicted octanol–water partition coefficient (Wildman–Crippen LogP) is 2.08. The molecule has 1 heterocycles. The molecule has 0 spiro atoms. The lowest BCUT2D eigenvalue weighted by molar-refractivity contribution is -0.127. The largest absolute Gasteiger partial charge is 0.356 e. The Labute approximate surface area is 165 Å². The van der Waals surface area contributed by atoms with Crippen molar-refractivity contribution in [3.63, 3.8) is 0 Å². The molecule has 0 atom stereocenters. The zero-order valence-corrected chi connectivity index (χ0v) is 17.6. The zero-order chi connectivity index (χ0) is 16.5. The lowest BCUT2D eigenvalue weighted by Gasteiger charge is -2.24. The number of carbonyl (C=O) groups excluding carboxylic acids is 1. The summed E-state index contributed by atoms with van der Waals surface area (Å²) in [6.45, 7) is 4.39. The fourth-order valence-electron chi connectivity index (χ4n) is 2.35. The molecule has 0 unspecified atom stereocenters. The van der Waals surface area contributed by atoms with E-state index < -0.39 is 0 Å². The molecule has 0 bridgehead atoms. The van der Waals surface area contributed by atoms with Gasteiger partial charge in [0.25, 0.3) is 0 Å². The van der Waals surface area contributed by atoms with Gasteiger partial charge in [-0.2, -0.15) is 0 Å². The zero-order valence-electron chi connectivity index (χ0n) is 14.4. The van der Waals surface area contributed by atoms with Gasteiger partial charge in [-0.15, -0.1) is 35.3 Å². The van der Waals surface area contributed by atoms with E-state index in [1.807, 2.05) is 6.20 Å². The maximum atomic E-state index is 11.7. The molecular weight excluding hydrogens is 437 g/mol. The fraction of sp³-hybridized carbons (Fsp3) is 0.688. The van der Waals surface area contributed by atoms with Crippen molar-refractivity contribution in [2.24, 2.45) is 10.9 Å². The van der Waals surface area contributed by atoms with Crippen LogP contribution in [0.4, 0.5) is 0 Å². The summed E-state index contributed by atoms with van der Waals surface area (Å²) >= 11 is 1.73. The van der Waals surface area contributed by atoms with E-state index in [4.69, 9.17) is 0 Å². The molecular formula is C16H28IN5OS.